The van der Waals surface area contributed by atoms with Crippen LogP contribution in [0.3, 0.4) is 0 Å². The van der Waals surface area contributed by atoms with Crippen molar-refractivity contribution in [1.82, 2.24) is 9.97 Å². The molecule has 1 saturated heterocycles. The van der Waals surface area contributed by atoms with Gasteiger partial charge in [-0.15, -0.1) is 0 Å². The summed E-state index contributed by atoms with van der Waals surface area (Å²) < 4.78 is 0. The minimum Gasteiger partial charge on any atom is -0.396 e. The molecule has 1 atom stereocenters. The number of aliphatic hydroxyl groups is 1. The number of hydrogen-bond donors (Lipinski definition) is 1. The van der Waals surface area contributed by atoms with Crippen LogP contribution in [0.5, 0.6) is 0 Å². The van der Waals surface area contributed by atoms with Crippen LogP contribution in [0.15, 0.2) is 6.07 Å². The average Bonchev–Trinajstić information content (AvgIpc) is 2.29. The van der Waals surface area contributed by atoms with Gasteiger partial charge in [0.1, 0.15) is 0 Å². The fourth-order valence-electron chi connectivity index (χ4n) is 2.55. The number of aliphatic hydroxyl groups excluding tert-OH is 1. The van der Waals surface area contributed by atoms with Gasteiger partial charge in [-0.2, -0.15) is 0 Å². The predicted octanol–water partition coefficient (Wildman–Crippen LogP) is 1.83. The second kappa shape index (κ2) is 5.45. The number of aryl methyl sites for hydroxylation is 2. The minimum atomic E-state index is 0.242. The highest BCUT2D eigenvalue weighted by Crippen LogP contribution is 2.24. The molecule has 1 aromatic heterocycles. The molecule has 0 radical (unpaired) electrons. The first-order valence-corrected chi connectivity index (χ1v) is 6.40. The van der Waals surface area contributed by atoms with E-state index < -0.39 is 0 Å². The quantitative estimate of drug-likeness (QED) is 0.868. The van der Waals surface area contributed by atoms with E-state index in [0.29, 0.717) is 6.04 Å². The third-order valence-corrected chi connectivity index (χ3v) is 3.32. The Hall–Kier alpha value is -1.16. The topological polar surface area (TPSA) is 49.2 Å². The summed E-state index contributed by atoms with van der Waals surface area (Å²) in [5, 5.41) is 9.12. The van der Waals surface area contributed by atoms with Crippen LogP contribution in [0.1, 0.15) is 37.1 Å². The normalized spacial score (nSPS) is 20.6. The van der Waals surface area contributed by atoms with Crippen molar-refractivity contribution in [1.29, 1.82) is 0 Å². The smallest absolute Gasteiger partial charge is 0.226 e. The molecule has 0 spiro atoms. The standard InChI is InChI=1S/C13H21N3O/c1-10-9-11(2)15-13(14-10)16-7-4-3-5-12(16)6-8-17/h9,12,17H,3-8H2,1-2H3/t12-/m0/s1. The molecule has 0 aromatic carbocycles. The summed E-state index contributed by atoms with van der Waals surface area (Å²) in [5.74, 6) is 0.834. The Labute approximate surface area is 103 Å². The molecule has 1 aliphatic heterocycles. The molecule has 17 heavy (non-hydrogen) atoms. The fourth-order valence-corrected chi connectivity index (χ4v) is 2.55. The zero-order chi connectivity index (χ0) is 12.3. The van der Waals surface area contributed by atoms with Crippen molar-refractivity contribution in [2.45, 2.75) is 45.6 Å². The van der Waals surface area contributed by atoms with Gasteiger partial charge in [0.15, 0.2) is 0 Å². The number of aromatic nitrogens is 2. The van der Waals surface area contributed by atoms with Crippen LogP contribution >= 0.6 is 0 Å². The summed E-state index contributed by atoms with van der Waals surface area (Å²) in [4.78, 5) is 11.3. The maximum Gasteiger partial charge on any atom is 0.226 e. The maximum atomic E-state index is 9.12. The zero-order valence-electron chi connectivity index (χ0n) is 10.7. The van der Waals surface area contributed by atoms with E-state index in [1.165, 1.54) is 12.8 Å². The lowest BCUT2D eigenvalue weighted by atomic mass is 10.0. The average molecular weight is 235 g/mol. The van der Waals surface area contributed by atoms with E-state index in [4.69, 9.17) is 5.11 Å². The van der Waals surface area contributed by atoms with E-state index in [1.807, 2.05) is 19.9 Å². The predicted molar refractivity (Wildman–Crippen MR) is 68.2 cm³/mol. The van der Waals surface area contributed by atoms with Gasteiger partial charge >= 0.3 is 0 Å². The second-order valence-corrected chi connectivity index (χ2v) is 4.81. The molecule has 0 aliphatic carbocycles. The third-order valence-electron chi connectivity index (χ3n) is 3.32. The lowest BCUT2D eigenvalue weighted by Gasteiger charge is -2.35. The Kier molecular flexibility index (Phi) is 3.94. The molecule has 94 valence electrons. The summed E-state index contributed by atoms with van der Waals surface area (Å²) in [6, 6.07) is 2.39. The van der Waals surface area contributed by atoms with E-state index in [-0.39, 0.29) is 6.61 Å². The van der Waals surface area contributed by atoms with Crippen molar-refractivity contribution in [2.24, 2.45) is 0 Å². The molecular formula is C13H21N3O. The van der Waals surface area contributed by atoms with Crippen LogP contribution in [0.4, 0.5) is 5.95 Å². The second-order valence-electron chi connectivity index (χ2n) is 4.81. The first-order chi connectivity index (χ1) is 8.20. The molecule has 1 fully saturated rings. The van der Waals surface area contributed by atoms with Crippen LogP contribution in [-0.2, 0) is 0 Å². The number of hydrogen-bond acceptors (Lipinski definition) is 4. The minimum absolute atomic E-state index is 0.242. The summed E-state index contributed by atoms with van der Waals surface area (Å²) in [5.41, 5.74) is 2.03. The highest BCUT2D eigenvalue weighted by molar-refractivity contribution is 5.34. The highest BCUT2D eigenvalue weighted by Gasteiger charge is 2.24. The van der Waals surface area contributed by atoms with Gasteiger partial charge in [-0.25, -0.2) is 9.97 Å². The van der Waals surface area contributed by atoms with Crippen LogP contribution in [0, 0.1) is 13.8 Å². The summed E-state index contributed by atoms with van der Waals surface area (Å²) in [6.07, 6.45) is 4.39. The molecule has 2 heterocycles. The van der Waals surface area contributed by atoms with Gasteiger partial charge in [0, 0.05) is 30.6 Å². The molecule has 4 heteroatoms. The van der Waals surface area contributed by atoms with Crippen molar-refractivity contribution < 1.29 is 5.11 Å². The Morgan fingerprint density at radius 1 is 1.29 bits per heavy atom. The van der Waals surface area contributed by atoms with Crippen molar-refractivity contribution in [3.8, 4) is 0 Å². The van der Waals surface area contributed by atoms with Crippen molar-refractivity contribution in [3.63, 3.8) is 0 Å². The molecular weight excluding hydrogens is 214 g/mol. The van der Waals surface area contributed by atoms with Crippen LogP contribution < -0.4 is 4.90 Å². The lowest BCUT2D eigenvalue weighted by Crippen LogP contribution is -2.41. The van der Waals surface area contributed by atoms with E-state index in [9.17, 15) is 0 Å². The van der Waals surface area contributed by atoms with E-state index in [2.05, 4.69) is 14.9 Å². The zero-order valence-corrected chi connectivity index (χ0v) is 10.7. The largest absolute Gasteiger partial charge is 0.396 e. The highest BCUT2D eigenvalue weighted by atomic mass is 16.3. The van der Waals surface area contributed by atoms with Crippen molar-refractivity contribution in [3.05, 3.63) is 17.5 Å². The first kappa shape index (κ1) is 12.3. The van der Waals surface area contributed by atoms with E-state index in [0.717, 1.165) is 36.7 Å². The summed E-state index contributed by atoms with van der Waals surface area (Å²) in [7, 11) is 0. The van der Waals surface area contributed by atoms with E-state index >= 15 is 0 Å². The number of rotatable bonds is 3. The van der Waals surface area contributed by atoms with Gasteiger partial charge in [-0.1, -0.05) is 0 Å². The molecule has 1 N–H and O–H groups in total. The number of piperidine rings is 1. The lowest BCUT2D eigenvalue weighted by molar-refractivity contribution is 0.261. The molecule has 0 bridgehead atoms. The number of anilines is 1. The van der Waals surface area contributed by atoms with Crippen molar-refractivity contribution in [2.75, 3.05) is 18.1 Å². The molecule has 4 nitrogen and oxygen atoms in total. The third kappa shape index (κ3) is 2.94. The van der Waals surface area contributed by atoms with E-state index in [1.54, 1.807) is 0 Å². The fraction of sp³-hybridized carbons (Fsp3) is 0.692. The summed E-state index contributed by atoms with van der Waals surface area (Å²) >= 11 is 0. The van der Waals surface area contributed by atoms with Crippen LogP contribution in [0.2, 0.25) is 0 Å². The first-order valence-electron chi connectivity index (χ1n) is 6.40. The van der Waals surface area contributed by atoms with Gasteiger partial charge in [0.05, 0.1) is 0 Å². The summed E-state index contributed by atoms with van der Waals surface area (Å²) in [6.45, 7) is 5.26. The monoisotopic (exact) mass is 235 g/mol. The SMILES string of the molecule is Cc1cc(C)nc(N2CCCC[C@H]2CCO)n1. The Balaban J connectivity index is 2.22. The number of nitrogens with zero attached hydrogens (tertiary/aromatic N) is 3. The molecule has 1 aromatic rings. The Morgan fingerprint density at radius 2 is 2.00 bits per heavy atom. The van der Waals surface area contributed by atoms with Gasteiger partial charge in [-0.3, -0.25) is 0 Å². The van der Waals surface area contributed by atoms with Crippen LogP contribution in [0.25, 0.3) is 0 Å². The molecule has 1 aliphatic rings. The molecule has 2 rings (SSSR count). The molecule has 0 unspecified atom stereocenters. The van der Waals surface area contributed by atoms with Gasteiger partial charge in [-0.05, 0) is 45.6 Å². The van der Waals surface area contributed by atoms with Gasteiger partial charge < -0.3 is 10.0 Å². The maximum absolute atomic E-state index is 9.12. The molecule has 0 saturated carbocycles. The Bertz CT molecular complexity index is 359. The van der Waals surface area contributed by atoms with Crippen molar-refractivity contribution >= 4 is 5.95 Å². The van der Waals surface area contributed by atoms with Crippen LogP contribution in [-0.4, -0.2) is 34.3 Å². The van der Waals surface area contributed by atoms with Gasteiger partial charge in [0.25, 0.3) is 0 Å². The van der Waals surface area contributed by atoms with Gasteiger partial charge in [0.2, 0.25) is 5.95 Å². The molecule has 0 amide bonds. The Morgan fingerprint density at radius 3 is 2.65 bits per heavy atom.